The van der Waals surface area contributed by atoms with Crippen LogP contribution in [0.2, 0.25) is 10.0 Å². The Morgan fingerprint density at radius 2 is 1.58 bits per heavy atom. The molecule has 2 aromatic heterocycles. The minimum atomic E-state index is -4.61. The molecule has 8 heteroatoms. The Balaban J connectivity index is 2.24. The summed E-state index contributed by atoms with van der Waals surface area (Å²) in [5.74, 6) is 0. The third-order valence-corrected chi connectivity index (χ3v) is 5.76. The van der Waals surface area contributed by atoms with Gasteiger partial charge >= 0.3 is 0 Å². The summed E-state index contributed by atoms with van der Waals surface area (Å²) in [6, 6.07) is 13.6. The number of hydrogen-bond acceptors (Lipinski definition) is 4. The molecule has 5 nitrogen and oxygen atoms in total. The molecule has 0 radical (unpaired) electrons. The maximum atomic E-state index is 12.0. The Morgan fingerprint density at radius 1 is 0.885 bits per heavy atom. The van der Waals surface area contributed by atoms with Gasteiger partial charge in [-0.1, -0.05) is 65.7 Å². The van der Waals surface area contributed by atoms with E-state index in [-0.39, 0.29) is 10.7 Å². The number of aromatic nitrogens is 2. The number of pyridine rings is 2. The van der Waals surface area contributed by atoms with Crippen LogP contribution in [-0.4, -0.2) is 22.9 Å². The van der Waals surface area contributed by atoms with E-state index in [2.05, 4.69) is 9.97 Å². The van der Waals surface area contributed by atoms with Crippen LogP contribution in [0.5, 0.6) is 0 Å². The van der Waals surface area contributed by atoms with Crippen molar-refractivity contribution in [2.75, 3.05) is 0 Å². The fraction of sp³-hybridized carbons (Fsp3) is 0. The number of benzene rings is 2. The summed E-state index contributed by atoms with van der Waals surface area (Å²) in [6.45, 7) is 0. The van der Waals surface area contributed by atoms with E-state index in [1.165, 1.54) is 0 Å². The number of halogens is 2. The van der Waals surface area contributed by atoms with Crippen molar-refractivity contribution >= 4 is 55.1 Å². The zero-order valence-corrected chi connectivity index (χ0v) is 15.3. The lowest BCUT2D eigenvalue weighted by molar-refractivity contribution is 0.483. The van der Waals surface area contributed by atoms with Gasteiger partial charge in [0.2, 0.25) is 0 Å². The molecule has 0 fully saturated rings. The number of fused-ring (bicyclic) bond motifs is 3. The van der Waals surface area contributed by atoms with E-state index in [1.54, 1.807) is 54.7 Å². The lowest BCUT2D eigenvalue weighted by atomic mass is 10.1. The van der Waals surface area contributed by atoms with Gasteiger partial charge in [-0.3, -0.25) is 9.54 Å². The van der Waals surface area contributed by atoms with Crippen molar-refractivity contribution in [3.63, 3.8) is 0 Å². The molecule has 2 heterocycles. The number of hydrogen-bond donors (Lipinski definition) is 1. The zero-order valence-electron chi connectivity index (χ0n) is 13.0. The average molecular weight is 405 g/mol. The van der Waals surface area contributed by atoms with Crippen molar-refractivity contribution in [2.24, 2.45) is 0 Å². The van der Waals surface area contributed by atoms with E-state index < -0.39 is 15.0 Å². The van der Waals surface area contributed by atoms with Crippen LogP contribution in [0.4, 0.5) is 0 Å². The minimum absolute atomic E-state index is 0.0554. The van der Waals surface area contributed by atoms with Gasteiger partial charge in [0, 0.05) is 22.5 Å². The highest BCUT2D eigenvalue weighted by Gasteiger charge is 2.25. The van der Waals surface area contributed by atoms with E-state index in [4.69, 9.17) is 23.2 Å². The summed E-state index contributed by atoms with van der Waals surface area (Å²) in [7, 11) is -4.61. The van der Waals surface area contributed by atoms with Crippen molar-refractivity contribution < 1.29 is 13.0 Å². The molecule has 4 rings (SSSR count). The monoisotopic (exact) mass is 404 g/mol. The molecule has 0 aliphatic carbocycles. The van der Waals surface area contributed by atoms with Crippen LogP contribution >= 0.6 is 23.2 Å². The second kappa shape index (κ2) is 6.17. The molecule has 0 spiro atoms. The van der Waals surface area contributed by atoms with Gasteiger partial charge in [-0.15, -0.1) is 0 Å². The second-order valence-electron chi connectivity index (χ2n) is 5.60. The van der Waals surface area contributed by atoms with Gasteiger partial charge in [-0.2, -0.15) is 8.42 Å². The summed E-state index contributed by atoms with van der Waals surface area (Å²) in [5.41, 5.74) is 1.46. The minimum Gasteiger partial charge on any atom is -0.282 e. The molecular weight excluding hydrogens is 395 g/mol. The second-order valence-corrected chi connectivity index (χ2v) is 7.74. The van der Waals surface area contributed by atoms with Gasteiger partial charge < -0.3 is 0 Å². The highest BCUT2D eigenvalue weighted by atomic mass is 35.5. The van der Waals surface area contributed by atoms with Crippen LogP contribution < -0.4 is 0 Å². The van der Waals surface area contributed by atoms with Crippen molar-refractivity contribution in [3.8, 4) is 11.3 Å². The molecule has 0 atom stereocenters. The zero-order chi connectivity index (χ0) is 18.5. The van der Waals surface area contributed by atoms with Crippen molar-refractivity contribution in [1.29, 1.82) is 0 Å². The molecule has 0 amide bonds. The molecule has 2 aromatic carbocycles. The van der Waals surface area contributed by atoms with Crippen LogP contribution in [-0.2, 0) is 10.1 Å². The van der Waals surface area contributed by atoms with Crippen LogP contribution in [0.1, 0.15) is 0 Å². The maximum Gasteiger partial charge on any atom is 0.298 e. The van der Waals surface area contributed by atoms with Gasteiger partial charge in [0.25, 0.3) is 10.1 Å². The normalized spacial score (nSPS) is 12.0. The highest BCUT2D eigenvalue weighted by molar-refractivity contribution is 7.86. The first-order valence-electron chi connectivity index (χ1n) is 7.47. The molecule has 0 aliphatic heterocycles. The molecule has 0 bridgehead atoms. The fourth-order valence-corrected chi connectivity index (χ4v) is 4.36. The Labute approximate surface area is 159 Å². The molecule has 0 unspecified atom stereocenters. The smallest absolute Gasteiger partial charge is 0.282 e. The lowest BCUT2D eigenvalue weighted by Gasteiger charge is -2.13. The van der Waals surface area contributed by atoms with E-state index in [0.717, 1.165) is 0 Å². The van der Waals surface area contributed by atoms with Gasteiger partial charge in [0.05, 0.1) is 26.8 Å². The summed E-state index contributed by atoms with van der Waals surface area (Å²) in [4.78, 5) is 8.39. The summed E-state index contributed by atoms with van der Waals surface area (Å²) >= 11 is 12.6. The Bertz CT molecular complexity index is 1280. The SMILES string of the molecule is O=S(=O)(O)c1c(-c2ccccc2)nc2c(ccc3c(Cl)ccnc32)c1Cl. The third kappa shape index (κ3) is 2.71. The highest BCUT2D eigenvalue weighted by Crippen LogP contribution is 2.39. The topological polar surface area (TPSA) is 80.2 Å². The lowest BCUT2D eigenvalue weighted by Crippen LogP contribution is -2.05. The molecule has 26 heavy (non-hydrogen) atoms. The summed E-state index contributed by atoms with van der Waals surface area (Å²) < 4.78 is 33.7. The van der Waals surface area contributed by atoms with Gasteiger partial charge in [0.15, 0.2) is 0 Å². The Hall–Kier alpha value is -2.25. The molecule has 1 N–H and O–H groups in total. The average Bonchev–Trinajstić information content (AvgIpc) is 2.61. The molecule has 0 saturated heterocycles. The Morgan fingerprint density at radius 3 is 2.27 bits per heavy atom. The van der Waals surface area contributed by atoms with E-state index >= 15 is 0 Å². The fourth-order valence-electron chi connectivity index (χ4n) is 2.88. The van der Waals surface area contributed by atoms with Crippen LogP contribution in [0, 0.1) is 0 Å². The van der Waals surface area contributed by atoms with Crippen molar-refractivity contribution in [1.82, 2.24) is 9.97 Å². The first-order valence-corrected chi connectivity index (χ1v) is 9.67. The van der Waals surface area contributed by atoms with Crippen LogP contribution in [0.15, 0.2) is 59.6 Å². The largest absolute Gasteiger partial charge is 0.298 e. The van der Waals surface area contributed by atoms with Gasteiger partial charge in [0.1, 0.15) is 4.90 Å². The standard InChI is InChI=1S/C18H10Cl2N2O3S/c19-13-8-9-21-16-11(13)6-7-12-14(20)18(26(23,24)25)15(22-17(12)16)10-4-2-1-3-5-10/h1-9H,(H,23,24,25). The number of nitrogens with zero attached hydrogens (tertiary/aromatic N) is 2. The molecule has 130 valence electrons. The first kappa shape index (κ1) is 17.2. The first-order chi connectivity index (χ1) is 12.4. The van der Waals surface area contributed by atoms with Crippen molar-refractivity contribution in [2.45, 2.75) is 4.90 Å². The van der Waals surface area contributed by atoms with E-state index in [0.29, 0.717) is 32.4 Å². The van der Waals surface area contributed by atoms with Crippen LogP contribution in [0.25, 0.3) is 33.1 Å². The molecule has 0 aliphatic rings. The van der Waals surface area contributed by atoms with Crippen molar-refractivity contribution in [3.05, 3.63) is 64.8 Å². The third-order valence-electron chi connectivity index (χ3n) is 4.01. The number of rotatable bonds is 2. The van der Waals surface area contributed by atoms with E-state index in [1.807, 2.05) is 0 Å². The van der Waals surface area contributed by atoms with Crippen LogP contribution in [0.3, 0.4) is 0 Å². The maximum absolute atomic E-state index is 12.0. The molecule has 0 saturated carbocycles. The summed E-state index contributed by atoms with van der Waals surface area (Å²) in [6.07, 6.45) is 1.54. The van der Waals surface area contributed by atoms with Gasteiger partial charge in [-0.05, 0) is 6.07 Å². The predicted molar refractivity (Wildman–Crippen MR) is 102 cm³/mol. The molecular formula is C18H10Cl2N2O3S. The summed E-state index contributed by atoms with van der Waals surface area (Å²) in [5, 5.41) is 1.42. The Kier molecular flexibility index (Phi) is 4.08. The predicted octanol–water partition coefficient (Wildman–Crippen LogP) is 5.00. The quantitative estimate of drug-likeness (QED) is 0.375. The van der Waals surface area contributed by atoms with Gasteiger partial charge in [-0.25, -0.2) is 4.98 Å². The van der Waals surface area contributed by atoms with E-state index in [9.17, 15) is 13.0 Å². The molecule has 4 aromatic rings.